The Morgan fingerprint density at radius 3 is 2.95 bits per heavy atom. The van der Waals surface area contributed by atoms with Gasteiger partial charge in [-0.05, 0) is 37.4 Å². The molecule has 1 saturated heterocycles. The molecule has 1 aromatic heterocycles. The Hall–Kier alpha value is -1.65. The van der Waals surface area contributed by atoms with Crippen molar-refractivity contribution in [1.82, 2.24) is 14.7 Å². The SMILES string of the molecule is Cc1ccc(CN2CCCC(N)C2)c(-c2cnn(C)c2)c1. The summed E-state index contributed by atoms with van der Waals surface area (Å²) >= 11 is 0. The summed E-state index contributed by atoms with van der Waals surface area (Å²) in [6.45, 7) is 5.26. The third-order valence-electron chi connectivity index (χ3n) is 4.22. The summed E-state index contributed by atoms with van der Waals surface area (Å²) in [6, 6.07) is 7.03. The fourth-order valence-electron chi connectivity index (χ4n) is 3.13. The van der Waals surface area contributed by atoms with Crippen molar-refractivity contribution in [3.05, 3.63) is 41.7 Å². The molecule has 1 aliphatic heterocycles. The van der Waals surface area contributed by atoms with Gasteiger partial charge in [-0.25, -0.2) is 0 Å². The Balaban J connectivity index is 1.87. The van der Waals surface area contributed by atoms with Crippen molar-refractivity contribution in [1.29, 1.82) is 0 Å². The zero-order valence-electron chi connectivity index (χ0n) is 12.9. The molecule has 0 aliphatic carbocycles. The first-order valence-electron chi connectivity index (χ1n) is 7.68. The molecule has 0 bridgehead atoms. The van der Waals surface area contributed by atoms with Crippen molar-refractivity contribution in [3.63, 3.8) is 0 Å². The van der Waals surface area contributed by atoms with Gasteiger partial charge in [0.15, 0.2) is 0 Å². The van der Waals surface area contributed by atoms with Crippen molar-refractivity contribution in [2.75, 3.05) is 13.1 Å². The second-order valence-electron chi connectivity index (χ2n) is 6.20. The van der Waals surface area contributed by atoms with Crippen LogP contribution < -0.4 is 5.73 Å². The molecule has 21 heavy (non-hydrogen) atoms. The molecule has 1 fully saturated rings. The van der Waals surface area contributed by atoms with Crippen LogP contribution in [0.4, 0.5) is 0 Å². The Labute approximate surface area is 126 Å². The zero-order chi connectivity index (χ0) is 14.8. The van der Waals surface area contributed by atoms with Gasteiger partial charge < -0.3 is 5.73 Å². The first kappa shape index (κ1) is 14.3. The van der Waals surface area contributed by atoms with Gasteiger partial charge in [0.1, 0.15) is 0 Å². The van der Waals surface area contributed by atoms with E-state index in [1.807, 2.05) is 17.9 Å². The molecule has 0 amide bonds. The van der Waals surface area contributed by atoms with Crippen LogP contribution in [0.1, 0.15) is 24.0 Å². The lowest BCUT2D eigenvalue weighted by molar-refractivity contribution is 0.202. The minimum atomic E-state index is 0.325. The first-order chi connectivity index (χ1) is 10.1. The molecule has 112 valence electrons. The molecule has 0 saturated carbocycles. The van der Waals surface area contributed by atoms with Gasteiger partial charge in [0.05, 0.1) is 6.20 Å². The van der Waals surface area contributed by atoms with Gasteiger partial charge in [0, 0.05) is 37.9 Å². The predicted molar refractivity (Wildman–Crippen MR) is 85.9 cm³/mol. The third kappa shape index (κ3) is 3.34. The van der Waals surface area contributed by atoms with Crippen LogP contribution in [0.2, 0.25) is 0 Å². The van der Waals surface area contributed by atoms with Gasteiger partial charge in [-0.15, -0.1) is 0 Å². The van der Waals surface area contributed by atoms with Gasteiger partial charge in [-0.2, -0.15) is 5.10 Å². The van der Waals surface area contributed by atoms with E-state index in [1.54, 1.807) is 0 Å². The van der Waals surface area contributed by atoms with Crippen LogP contribution in [0.15, 0.2) is 30.6 Å². The van der Waals surface area contributed by atoms with E-state index in [9.17, 15) is 0 Å². The van der Waals surface area contributed by atoms with Crippen LogP contribution >= 0.6 is 0 Å². The minimum absolute atomic E-state index is 0.325. The van der Waals surface area contributed by atoms with E-state index >= 15 is 0 Å². The van der Waals surface area contributed by atoms with E-state index in [-0.39, 0.29) is 0 Å². The van der Waals surface area contributed by atoms with Crippen LogP contribution in [0.25, 0.3) is 11.1 Å². The molecule has 2 aromatic rings. The number of hydrogen-bond acceptors (Lipinski definition) is 3. The Morgan fingerprint density at radius 1 is 1.38 bits per heavy atom. The number of aromatic nitrogens is 2. The van der Waals surface area contributed by atoms with E-state index in [0.29, 0.717) is 6.04 Å². The molecule has 2 heterocycles. The first-order valence-corrected chi connectivity index (χ1v) is 7.68. The Morgan fingerprint density at radius 2 is 2.24 bits per heavy atom. The summed E-state index contributed by atoms with van der Waals surface area (Å²) in [5.74, 6) is 0. The zero-order valence-corrected chi connectivity index (χ0v) is 12.9. The number of aryl methyl sites for hydroxylation is 2. The summed E-state index contributed by atoms with van der Waals surface area (Å²) in [7, 11) is 1.96. The molecule has 4 heteroatoms. The van der Waals surface area contributed by atoms with Gasteiger partial charge in [-0.1, -0.05) is 23.8 Å². The monoisotopic (exact) mass is 284 g/mol. The molecular formula is C17H24N4. The molecule has 4 nitrogen and oxygen atoms in total. The molecule has 1 atom stereocenters. The highest BCUT2D eigenvalue weighted by Crippen LogP contribution is 2.26. The van der Waals surface area contributed by atoms with Gasteiger partial charge in [0.25, 0.3) is 0 Å². The number of hydrogen-bond donors (Lipinski definition) is 1. The molecule has 2 N–H and O–H groups in total. The minimum Gasteiger partial charge on any atom is -0.327 e. The number of likely N-dealkylation sites (tertiary alicyclic amines) is 1. The van der Waals surface area contributed by atoms with Crippen LogP contribution in [0.3, 0.4) is 0 Å². The van der Waals surface area contributed by atoms with Gasteiger partial charge >= 0.3 is 0 Å². The molecule has 0 radical (unpaired) electrons. The van der Waals surface area contributed by atoms with E-state index in [2.05, 4.69) is 41.3 Å². The predicted octanol–water partition coefficient (Wildman–Crippen LogP) is 2.32. The second-order valence-corrected chi connectivity index (χ2v) is 6.20. The summed E-state index contributed by atoms with van der Waals surface area (Å²) in [6.07, 6.45) is 6.38. The fraction of sp³-hybridized carbons (Fsp3) is 0.471. The maximum Gasteiger partial charge on any atom is 0.0568 e. The highest BCUT2D eigenvalue weighted by molar-refractivity contribution is 5.66. The second kappa shape index (κ2) is 6.00. The molecule has 1 aromatic carbocycles. The summed E-state index contributed by atoms with van der Waals surface area (Å²) in [5.41, 5.74) is 11.2. The summed E-state index contributed by atoms with van der Waals surface area (Å²) < 4.78 is 1.86. The Bertz CT molecular complexity index is 617. The van der Waals surface area contributed by atoms with Gasteiger partial charge in [0.2, 0.25) is 0 Å². The van der Waals surface area contributed by atoms with Crippen molar-refractivity contribution >= 4 is 0 Å². The van der Waals surface area contributed by atoms with E-state index in [1.165, 1.54) is 28.7 Å². The summed E-state index contributed by atoms with van der Waals surface area (Å²) in [5, 5.41) is 4.31. The topological polar surface area (TPSA) is 47.1 Å². The van der Waals surface area contributed by atoms with Crippen LogP contribution in [-0.2, 0) is 13.6 Å². The lowest BCUT2D eigenvalue weighted by Crippen LogP contribution is -2.42. The quantitative estimate of drug-likeness (QED) is 0.941. The average Bonchev–Trinajstić information content (AvgIpc) is 2.87. The maximum atomic E-state index is 6.10. The number of nitrogens with two attached hydrogens (primary N) is 1. The lowest BCUT2D eigenvalue weighted by atomic mass is 9.98. The molecule has 1 unspecified atom stereocenters. The largest absolute Gasteiger partial charge is 0.327 e. The number of benzene rings is 1. The smallest absolute Gasteiger partial charge is 0.0568 e. The van der Waals surface area contributed by atoms with Crippen LogP contribution in [0, 0.1) is 6.92 Å². The highest BCUT2D eigenvalue weighted by Gasteiger charge is 2.18. The molecule has 3 rings (SSSR count). The summed E-state index contributed by atoms with van der Waals surface area (Å²) in [4.78, 5) is 2.47. The number of piperidine rings is 1. The molecular weight excluding hydrogens is 260 g/mol. The van der Waals surface area contributed by atoms with Crippen LogP contribution in [-0.4, -0.2) is 33.8 Å². The molecule has 0 spiro atoms. The lowest BCUT2D eigenvalue weighted by Gasteiger charge is -2.31. The van der Waals surface area contributed by atoms with Crippen molar-refractivity contribution in [2.45, 2.75) is 32.4 Å². The maximum absolute atomic E-state index is 6.10. The van der Waals surface area contributed by atoms with E-state index in [4.69, 9.17) is 5.73 Å². The highest BCUT2D eigenvalue weighted by atomic mass is 15.2. The van der Waals surface area contributed by atoms with Crippen molar-refractivity contribution in [3.8, 4) is 11.1 Å². The number of rotatable bonds is 3. The molecule has 1 aliphatic rings. The van der Waals surface area contributed by atoms with E-state index in [0.717, 1.165) is 26.1 Å². The van der Waals surface area contributed by atoms with Crippen LogP contribution in [0.5, 0.6) is 0 Å². The number of nitrogens with zero attached hydrogens (tertiary/aromatic N) is 3. The third-order valence-corrected chi connectivity index (χ3v) is 4.22. The van der Waals surface area contributed by atoms with E-state index < -0.39 is 0 Å². The fourth-order valence-corrected chi connectivity index (χ4v) is 3.13. The normalized spacial score (nSPS) is 19.9. The van der Waals surface area contributed by atoms with Crippen molar-refractivity contribution < 1.29 is 0 Å². The average molecular weight is 284 g/mol. The van der Waals surface area contributed by atoms with Gasteiger partial charge in [-0.3, -0.25) is 9.58 Å². The van der Waals surface area contributed by atoms with Crippen molar-refractivity contribution in [2.24, 2.45) is 12.8 Å². The standard InChI is InChI=1S/C17H24N4/c1-13-5-6-14(11-21-7-3-4-16(18)12-21)17(8-13)15-9-19-20(2)10-15/h5-6,8-10,16H,3-4,7,11-12,18H2,1-2H3. The Kier molecular flexibility index (Phi) is 4.08.